The first-order chi connectivity index (χ1) is 11.6. The van der Waals surface area contributed by atoms with Crippen molar-refractivity contribution in [1.82, 2.24) is 9.78 Å². The van der Waals surface area contributed by atoms with E-state index in [1.807, 2.05) is 0 Å². The maximum atomic E-state index is 12.5. The van der Waals surface area contributed by atoms with Crippen LogP contribution in [-0.4, -0.2) is 33.7 Å². The molecule has 0 saturated heterocycles. The number of nitrogens with one attached hydrogen (secondary N) is 1. The Bertz CT molecular complexity index is 851. The molecule has 0 aromatic carbocycles. The summed E-state index contributed by atoms with van der Waals surface area (Å²) < 4.78 is 6.65. The molecule has 0 saturated carbocycles. The van der Waals surface area contributed by atoms with E-state index in [4.69, 9.17) is 10.5 Å². The van der Waals surface area contributed by atoms with Crippen molar-refractivity contribution in [3.63, 3.8) is 0 Å². The number of amides is 2. The highest BCUT2D eigenvalue weighted by atomic mass is 32.1. The number of anilines is 1. The molecule has 25 heavy (non-hydrogen) atoms. The van der Waals surface area contributed by atoms with Gasteiger partial charge >= 0.3 is 5.97 Å². The number of thiophene rings is 1. The molecule has 0 fully saturated rings. The van der Waals surface area contributed by atoms with E-state index in [1.165, 1.54) is 4.68 Å². The van der Waals surface area contributed by atoms with Crippen LogP contribution < -0.4 is 11.1 Å². The van der Waals surface area contributed by atoms with Crippen LogP contribution in [0.15, 0.2) is 6.07 Å². The number of nitrogens with two attached hydrogens (primary N) is 1. The fourth-order valence-corrected chi connectivity index (χ4v) is 3.39. The number of hydrogen-bond acceptors (Lipinski definition) is 6. The highest BCUT2D eigenvalue weighted by molar-refractivity contribution is 7.18. The average molecular weight is 364 g/mol. The number of carbonyl (C=O) groups excluding carboxylic acids is 3. The molecule has 2 heterocycles. The summed E-state index contributed by atoms with van der Waals surface area (Å²) in [5.74, 6) is -1.73. The molecular weight excluding hydrogens is 344 g/mol. The molecule has 0 radical (unpaired) electrons. The van der Waals surface area contributed by atoms with Gasteiger partial charge in [0.05, 0.1) is 22.2 Å². The fraction of sp³-hybridized carbons (Fsp3) is 0.375. The summed E-state index contributed by atoms with van der Waals surface area (Å²) in [6.07, 6.45) is -0.341. The van der Waals surface area contributed by atoms with E-state index in [0.29, 0.717) is 17.0 Å². The van der Waals surface area contributed by atoms with Crippen molar-refractivity contribution in [3.8, 4) is 0 Å². The van der Waals surface area contributed by atoms with E-state index in [2.05, 4.69) is 10.4 Å². The van der Waals surface area contributed by atoms with E-state index in [-0.39, 0.29) is 21.5 Å². The Hall–Kier alpha value is -2.68. The molecule has 2 aromatic heterocycles. The Kier molecular flexibility index (Phi) is 5.27. The van der Waals surface area contributed by atoms with Crippen molar-refractivity contribution in [2.24, 2.45) is 12.8 Å². The largest absolute Gasteiger partial charge is 0.459 e. The summed E-state index contributed by atoms with van der Waals surface area (Å²) in [6, 6.07) is 1.62. The maximum absolute atomic E-state index is 12.5. The van der Waals surface area contributed by atoms with Gasteiger partial charge in [-0.1, -0.05) is 0 Å². The quantitative estimate of drug-likeness (QED) is 0.787. The second kappa shape index (κ2) is 7.06. The van der Waals surface area contributed by atoms with Gasteiger partial charge in [-0.3, -0.25) is 14.3 Å². The molecule has 0 spiro atoms. The molecule has 2 rings (SSSR count). The third kappa shape index (κ3) is 3.87. The fourth-order valence-electron chi connectivity index (χ4n) is 2.35. The Morgan fingerprint density at radius 2 is 1.96 bits per heavy atom. The Labute approximate surface area is 149 Å². The second-order valence-electron chi connectivity index (χ2n) is 5.83. The molecule has 0 aliphatic heterocycles. The number of aryl methyl sites for hydroxylation is 2. The zero-order valence-corrected chi connectivity index (χ0v) is 15.5. The summed E-state index contributed by atoms with van der Waals surface area (Å²) in [5.41, 5.74) is 6.90. The van der Waals surface area contributed by atoms with Gasteiger partial charge in [0, 0.05) is 7.05 Å². The topological polar surface area (TPSA) is 116 Å². The van der Waals surface area contributed by atoms with Gasteiger partial charge in [-0.25, -0.2) is 4.79 Å². The number of nitrogens with zero attached hydrogens (tertiary/aromatic N) is 2. The van der Waals surface area contributed by atoms with Crippen molar-refractivity contribution < 1.29 is 19.1 Å². The lowest BCUT2D eigenvalue weighted by Gasteiger charge is -2.10. The van der Waals surface area contributed by atoms with Crippen LogP contribution in [0.25, 0.3) is 0 Å². The van der Waals surface area contributed by atoms with Crippen LogP contribution >= 0.6 is 11.3 Å². The summed E-state index contributed by atoms with van der Waals surface area (Å²) >= 11 is 0.948. The second-order valence-corrected chi connectivity index (χ2v) is 6.85. The zero-order valence-electron chi connectivity index (χ0n) is 14.7. The minimum atomic E-state index is -0.669. The van der Waals surface area contributed by atoms with Crippen LogP contribution in [0.5, 0.6) is 0 Å². The Morgan fingerprint density at radius 1 is 1.32 bits per heavy atom. The highest BCUT2D eigenvalue weighted by Crippen LogP contribution is 2.34. The number of carbonyl (C=O) groups is 3. The molecule has 2 amide bonds. The van der Waals surface area contributed by atoms with E-state index >= 15 is 0 Å². The predicted octanol–water partition coefficient (Wildman–Crippen LogP) is 2.01. The average Bonchev–Trinajstić information content (AvgIpc) is 2.97. The van der Waals surface area contributed by atoms with Gasteiger partial charge in [0.15, 0.2) is 0 Å². The van der Waals surface area contributed by atoms with E-state index < -0.39 is 17.8 Å². The van der Waals surface area contributed by atoms with Crippen molar-refractivity contribution in [1.29, 1.82) is 0 Å². The number of primary amides is 1. The summed E-state index contributed by atoms with van der Waals surface area (Å²) in [6.45, 7) is 6.79. The molecule has 3 N–H and O–H groups in total. The summed E-state index contributed by atoms with van der Waals surface area (Å²) in [5, 5.41) is 7.00. The molecule has 0 aliphatic rings. The van der Waals surface area contributed by atoms with Gasteiger partial charge in [0.25, 0.3) is 11.8 Å². The third-order valence-corrected chi connectivity index (χ3v) is 4.60. The van der Waals surface area contributed by atoms with Crippen LogP contribution in [0.4, 0.5) is 5.00 Å². The van der Waals surface area contributed by atoms with Crippen LogP contribution in [0.2, 0.25) is 0 Å². The standard InChI is InChI=1S/C16H20N4O4S/c1-7(2)24-16(23)11-9(4)12(13(17)21)25-15(11)18-14(22)10-6-8(3)19-20(10)5/h6-7H,1-5H3,(H2,17,21)(H,18,22). The summed E-state index contributed by atoms with van der Waals surface area (Å²) in [4.78, 5) is 36.7. The minimum Gasteiger partial charge on any atom is -0.459 e. The SMILES string of the molecule is Cc1cc(C(=O)Nc2sc(C(N)=O)c(C)c2C(=O)OC(C)C)n(C)n1. The molecule has 8 nitrogen and oxygen atoms in total. The lowest BCUT2D eigenvalue weighted by molar-refractivity contribution is 0.0379. The zero-order chi connectivity index (χ0) is 18.9. The lowest BCUT2D eigenvalue weighted by Crippen LogP contribution is -2.19. The molecule has 0 unspecified atom stereocenters. The maximum Gasteiger partial charge on any atom is 0.341 e. The van der Waals surface area contributed by atoms with Gasteiger partial charge in [0.1, 0.15) is 10.7 Å². The Balaban J connectivity index is 2.43. The number of aromatic nitrogens is 2. The van der Waals surface area contributed by atoms with Crippen LogP contribution in [0.3, 0.4) is 0 Å². The van der Waals surface area contributed by atoms with Crippen LogP contribution in [0.1, 0.15) is 55.6 Å². The summed E-state index contributed by atoms with van der Waals surface area (Å²) in [7, 11) is 1.64. The molecule has 2 aromatic rings. The minimum absolute atomic E-state index is 0.139. The van der Waals surface area contributed by atoms with Crippen molar-refractivity contribution in [2.45, 2.75) is 33.8 Å². The number of ether oxygens (including phenoxy) is 1. The van der Waals surface area contributed by atoms with Gasteiger partial charge in [0.2, 0.25) is 0 Å². The first-order valence-electron chi connectivity index (χ1n) is 7.58. The van der Waals surface area contributed by atoms with Crippen molar-refractivity contribution in [3.05, 3.63) is 33.5 Å². The molecule has 0 aliphatic carbocycles. The monoisotopic (exact) mass is 364 g/mol. The molecule has 0 atom stereocenters. The smallest absolute Gasteiger partial charge is 0.341 e. The first-order valence-corrected chi connectivity index (χ1v) is 8.39. The molecular formula is C16H20N4O4S. The van der Waals surface area contributed by atoms with Gasteiger partial charge in [-0.05, 0) is 39.3 Å². The molecule has 0 bridgehead atoms. The first kappa shape index (κ1) is 18.7. The van der Waals surface area contributed by atoms with Crippen molar-refractivity contribution >= 4 is 34.1 Å². The molecule has 9 heteroatoms. The normalized spacial score (nSPS) is 10.8. The van der Waals surface area contributed by atoms with Crippen LogP contribution in [-0.2, 0) is 11.8 Å². The predicted molar refractivity (Wildman–Crippen MR) is 94.0 cm³/mol. The van der Waals surface area contributed by atoms with E-state index in [0.717, 1.165) is 11.3 Å². The number of hydrogen-bond donors (Lipinski definition) is 2. The molecule has 134 valence electrons. The number of rotatable bonds is 5. The highest BCUT2D eigenvalue weighted by Gasteiger charge is 2.27. The van der Waals surface area contributed by atoms with Gasteiger partial charge in [-0.15, -0.1) is 11.3 Å². The van der Waals surface area contributed by atoms with Crippen LogP contribution in [0, 0.1) is 13.8 Å². The third-order valence-electron chi connectivity index (χ3n) is 3.38. The van der Waals surface area contributed by atoms with E-state index in [9.17, 15) is 14.4 Å². The lowest BCUT2D eigenvalue weighted by atomic mass is 10.1. The van der Waals surface area contributed by atoms with Gasteiger partial charge in [-0.2, -0.15) is 5.10 Å². The van der Waals surface area contributed by atoms with E-state index in [1.54, 1.807) is 40.8 Å². The Morgan fingerprint density at radius 3 is 2.44 bits per heavy atom. The van der Waals surface area contributed by atoms with Crippen molar-refractivity contribution in [2.75, 3.05) is 5.32 Å². The van der Waals surface area contributed by atoms with Gasteiger partial charge < -0.3 is 15.8 Å². The number of esters is 1.